The fourth-order valence-electron chi connectivity index (χ4n) is 1.54. The maximum Gasteiger partial charge on any atom is 0.416 e. The van der Waals surface area contributed by atoms with Crippen LogP contribution in [0.5, 0.6) is 0 Å². The molecule has 0 unspecified atom stereocenters. The average Bonchev–Trinajstić information content (AvgIpc) is 2.37. The van der Waals surface area contributed by atoms with Crippen LogP contribution in [-0.2, 0) is 6.18 Å². The van der Waals surface area contributed by atoms with Crippen molar-refractivity contribution in [3.8, 4) is 0 Å². The predicted molar refractivity (Wildman–Crippen MR) is 61.5 cm³/mol. The number of rotatable bonds is 5. The molecule has 1 amide bonds. The third kappa shape index (κ3) is 4.22. The van der Waals surface area contributed by atoms with Gasteiger partial charge in [-0.1, -0.05) is 0 Å². The number of nitrogens with zero attached hydrogens (tertiary/aromatic N) is 1. The molecule has 0 radical (unpaired) electrons. The molecule has 1 aromatic rings. The molecule has 0 aromatic heterocycles. The summed E-state index contributed by atoms with van der Waals surface area (Å²) in [7, 11) is 0. The fourth-order valence-corrected chi connectivity index (χ4v) is 1.54. The Kier molecular flexibility index (Phi) is 5.31. The molecule has 0 bridgehead atoms. The van der Waals surface area contributed by atoms with Crippen LogP contribution in [0.25, 0.3) is 0 Å². The summed E-state index contributed by atoms with van der Waals surface area (Å²) in [6, 6.07) is 3.80. The number of aliphatic hydroxyl groups excluding tert-OH is 2. The monoisotopic (exact) mass is 277 g/mol. The molecule has 0 aliphatic carbocycles. The van der Waals surface area contributed by atoms with Crippen molar-refractivity contribution in [2.45, 2.75) is 6.18 Å². The van der Waals surface area contributed by atoms with Crippen molar-refractivity contribution < 1.29 is 28.2 Å². The molecule has 1 rings (SSSR count). The van der Waals surface area contributed by atoms with E-state index in [-0.39, 0.29) is 31.9 Å². The summed E-state index contributed by atoms with van der Waals surface area (Å²) in [5.74, 6) is -0.531. The molecule has 106 valence electrons. The zero-order valence-electron chi connectivity index (χ0n) is 10.0. The maximum absolute atomic E-state index is 12.4. The van der Waals surface area contributed by atoms with Gasteiger partial charge >= 0.3 is 6.18 Å². The molecule has 1 aromatic carbocycles. The third-order valence-corrected chi connectivity index (χ3v) is 2.49. The standard InChI is InChI=1S/C12H14F3NO3/c13-12(14,15)10-3-1-9(2-4-10)11(19)16(5-7-17)6-8-18/h1-4,17-18H,5-8H2. The fraction of sp³-hybridized carbons (Fsp3) is 0.417. The minimum atomic E-state index is -4.45. The highest BCUT2D eigenvalue weighted by Gasteiger charge is 2.30. The highest BCUT2D eigenvalue weighted by molar-refractivity contribution is 5.94. The topological polar surface area (TPSA) is 60.8 Å². The Balaban J connectivity index is 2.87. The van der Waals surface area contributed by atoms with Gasteiger partial charge in [0.25, 0.3) is 5.91 Å². The SMILES string of the molecule is O=C(c1ccc(C(F)(F)F)cc1)N(CCO)CCO. The quantitative estimate of drug-likeness (QED) is 0.848. The van der Waals surface area contributed by atoms with Gasteiger partial charge in [0, 0.05) is 18.7 Å². The first-order valence-electron chi connectivity index (χ1n) is 5.58. The first-order valence-corrected chi connectivity index (χ1v) is 5.58. The minimum absolute atomic E-state index is 0.0143. The van der Waals surface area contributed by atoms with Crippen LogP contribution in [0.2, 0.25) is 0 Å². The van der Waals surface area contributed by atoms with E-state index in [1.807, 2.05) is 0 Å². The van der Waals surface area contributed by atoms with Gasteiger partial charge in [-0.2, -0.15) is 13.2 Å². The molecule has 0 aliphatic heterocycles. The van der Waals surface area contributed by atoms with Gasteiger partial charge in [-0.3, -0.25) is 4.79 Å². The van der Waals surface area contributed by atoms with Crippen molar-refractivity contribution >= 4 is 5.91 Å². The number of alkyl halides is 3. The van der Waals surface area contributed by atoms with Crippen molar-refractivity contribution in [1.82, 2.24) is 4.90 Å². The Morgan fingerprint density at radius 1 is 1.05 bits per heavy atom. The summed E-state index contributed by atoms with van der Waals surface area (Å²) in [5.41, 5.74) is -0.755. The number of hydrogen-bond donors (Lipinski definition) is 2. The van der Waals surface area contributed by atoms with Gasteiger partial charge in [-0.15, -0.1) is 0 Å². The van der Waals surface area contributed by atoms with Crippen LogP contribution in [0.3, 0.4) is 0 Å². The van der Waals surface area contributed by atoms with Crippen LogP contribution < -0.4 is 0 Å². The van der Waals surface area contributed by atoms with Crippen LogP contribution in [0, 0.1) is 0 Å². The van der Waals surface area contributed by atoms with Crippen LogP contribution in [-0.4, -0.2) is 47.3 Å². The van der Waals surface area contributed by atoms with Gasteiger partial charge in [0.1, 0.15) is 0 Å². The molecule has 19 heavy (non-hydrogen) atoms. The minimum Gasteiger partial charge on any atom is -0.395 e. The molecule has 0 aliphatic rings. The molecule has 0 saturated heterocycles. The maximum atomic E-state index is 12.4. The highest BCUT2D eigenvalue weighted by Crippen LogP contribution is 2.29. The molecule has 7 heteroatoms. The van der Waals surface area contributed by atoms with E-state index in [1.54, 1.807) is 0 Å². The van der Waals surface area contributed by atoms with Crippen molar-refractivity contribution in [3.05, 3.63) is 35.4 Å². The lowest BCUT2D eigenvalue weighted by molar-refractivity contribution is -0.137. The van der Waals surface area contributed by atoms with Gasteiger partial charge in [0.05, 0.1) is 18.8 Å². The molecule has 0 heterocycles. The summed E-state index contributed by atoms with van der Waals surface area (Å²) in [5, 5.41) is 17.6. The number of amides is 1. The third-order valence-electron chi connectivity index (χ3n) is 2.49. The normalized spacial score (nSPS) is 11.4. The molecule has 0 fully saturated rings. The number of carbonyl (C=O) groups excluding carboxylic acids is 1. The number of hydrogen-bond acceptors (Lipinski definition) is 3. The lowest BCUT2D eigenvalue weighted by Gasteiger charge is -2.20. The zero-order chi connectivity index (χ0) is 14.5. The van der Waals surface area contributed by atoms with Crippen LogP contribution >= 0.6 is 0 Å². The molecule has 0 spiro atoms. The van der Waals surface area contributed by atoms with Crippen molar-refractivity contribution in [2.24, 2.45) is 0 Å². The average molecular weight is 277 g/mol. The second-order valence-corrected chi connectivity index (χ2v) is 3.81. The Bertz CT molecular complexity index is 411. The van der Waals surface area contributed by atoms with Crippen LogP contribution in [0.1, 0.15) is 15.9 Å². The predicted octanol–water partition coefficient (Wildman–Crippen LogP) is 1.13. The molecule has 0 atom stereocenters. The lowest BCUT2D eigenvalue weighted by atomic mass is 10.1. The van der Waals surface area contributed by atoms with E-state index in [2.05, 4.69) is 0 Å². The van der Waals surface area contributed by atoms with Gasteiger partial charge in [0.2, 0.25) is 0 Å². The summed E-state index contributed by atoms with van der Waals surface area (Å²) in [6.07, 6.45) is -4.45. The summed E-state index contributed by atoms with van der Waals surface area (Å²) in [4.78, 5) is 13.1. The Labute approximate surface area is 108 Å². The number of carbonyl (C=O) groups is 1. The summed E-state index contributed by atoms with van der Waals surface area (Å²) in [6.45, 7) is -0.542. The molecular weight excluding hydrogens is 263 g/mol. The van der Waals surface area contributed by atoms with E-state index < -0.39 is 17.6 Å². The zero-order valence-corrected chi connectivity index (χ0v) is 10.0. The van der Waals surface area contributed by atoms with Crippen molar-refractivity contribution in [2.75, 3.05) is 26.3 Å². The summed E-state index contributed by atoms with van der Waals surface area (Å²) >= 11 is 0. The van der Waals surface area contributed by atoms with E-state index in [1.165, 1.54) is 4.90 Å². The summed E-state index contributed by atoms with van der Waals surface area (Å²) < 4.78 is 37.1. The van der Waals surface area contributed by atoms with Crippen molar-refractivity contribution in [3.63, 3.8) is 0 Å². The second-order valence-electron chi connectivity index (χ2n) is 3.81. The molecule has 4 nitrogen and oxygen atoms in total. The van der Waals surface area contributed by atoms with E-state index >= 15 is 0 Å². The Hall–Kier alpha value is -1.60. The lowest BCUT2D eigenvalue weighted by Crippen LogP contribution is -2.35. The van der Waals surface area contributed by atoms with Crippen molar-refractivity contribution in [1.29, 1.82) is 0 Å². The van der Waals surface area contributed by atoms with E-state index in [0.29, 0.717) is 0 Å². The van der Waals surface area contributed by atoms with Gasteiger partial charge in [0.15, 0.2) is 0 Å². The highest BCUT2D eigenvalue weighted by atomic mass is 19.4. The number of aliphatic hydroxyl groups is 2. The Morgan fingerprint density at radius 2 is 1.53 bits per heavy atom. The Morgan fingerprint density at radius 3 is 1.89 bits per heavy atom. The van der Waals surface area contributed by atoms with Gasteiger partial charge in [-0.25, -0.2) is 0 Å². The van der Waals surface area contributed by atoms with E-state index in [0.717, 1.165) is 24.3 Å². The smallest absolute Gasteiger partial charge is 0.395 e. The number of halogens is 3. The van der Waals surface area contributed by atoms with E-state index in [9.17, 15) is 18.0 Å². The van der Waals surface area contributed by atoms with Crippen LogP contribution in [0.15, 0.2) is 24.3 Å². The molecule has 2 N–H and O–H groups in total. The van der Waals surface area contributed by atoms with E-state index in [4.69, 9.17) is 10.2 Å². The second kappa shape index (κ2) is 6.53. The molecular formula is C12H14F3NO3. The first kappa shape index (κ1) is 15.5. The number of benzene rings is 1. The largest absolute Gasteiger partial charge is 0.416 e. The first-order chi connectivity index (χ1) is 8.90. The van der Waals surface area contributed by atoms with Gasteiger partial charge in [-0.05, 0) is 24.3 Å². The van der Waals surface area contributed by atoms with Crippen LogP contribution in [0.4, 0.5) is 13.2 Å². The molecule has 0 saturated carbocycles. The van der Waals surface area contributed by atoms with Gasteiger partial charge < -0.3 is 15.1 Å².